The van der Waals surface area contributed by atoms with Gasteiger partial charge >= 0.3 is 6.01 Å². The lowest BCUT2D eigenvalue weighted by Crippen LogP contribution is -2.19. The average Bonchev–Trinajstić information content (AvgIpc) is 2.92. The van der Waals surface area contributed by atoms with E-state index < -0.39 is 0 Å². The summed E-state index contributed by atoms with van der Waals surface area (Å²) in [6.07, 6.45) is 4.62. The zero-order valence-corrected chi connectivity index (χ0v) is 11.3. The van der Waals surface area contributed by atoms with Crippen LogP contribution in [0.3, 0.4) is 0 Å². The Balaban J connectivity index is 1.87. The first-order chi connectivity index (χ1) is 9.29. The van der Waals surface area contributed by atoms with Crippen LogP contribution < -0.4 is 10.6 Å². The molecule has 2 heterocycles. The molecule has 2 aromatic rings. The quantitative estimate of drug-likeness (QED) is 0.795. The number of anilines is 1. The number of pyridine rings is 1. The van der Waals surface area contributed by atoms with E-state index in [1.54, 1.807) is 12.4 Å². The summed E-state index contributed by atoms with van der Waals surface area (Å²) in [5.41, 5.74) is 1.07. The van der Waals surface area contributed by atoms with Crippen LogP contribution in [-0.4, -0.2) is 21.7 Å². The Labute approximate surface area is 112 Å². The molecule has 1 unspecified atom stereocenters. The first kappa shape index (κ1) is 13.5. The first-order valence-electron chi connectivity index (χ1n) is 6.49. The molecule has 19 heavy (non-hydrogen) atoms. The third-order valence-corrected chi connectivity index (χ3v) is 2.68. The molecule has 0 aliphatic heterocycles. The highest BCUT2D eigenvalue weighted by Gasteiger charge is 2.12. The van der Waals surface area contributed by atoms with Crippen molar-refractivity contribution >= 4 is 6.01 Å². The summed E-state index contributed by atoms with van der Waals surface area (Å²) >= 11 is 0. The average molecular weight is 261 g/mol. The van der Waals surface area contributed by atoms with Gasteiger partial charge in [-0.2, -0.15) is 0 Å². The SMILES string of the molecule is CCCNC(C)c1nnc(NCc2cccnc2)o1. The van der Waals surface area contributed by atoms with E-state index in [1.807, 2.05) is 19.1 Å². The van der Waals surface area contributed by atoms with Gasteiger partial charge in [-0.25, -0.2) is 0 Å². The summed E-state index contributed by atoms with van der Waals surface area (Å²) in [6, 6.07) is 4.39. The van der Waals surface area contributed by atoms with Crippen molar-refractivity contribution in [2.75, 3.05) is 11.9 Å². The van der Waals surface area contributed by atoms with Gasteiger partial charge in [0.1, 0.15) is 0 Å². The van der Waals surface area contributed by atoms with Crippen LogP contribution in [0.5, 0.6) is 0 Å². The van der Waals surface area contributed by atoms with Gasteiger partial charge in [0.25, 0.3) is 0 Å². The third kappa shape index (κ3) is 4.03. The minimum Gasteiger partial charge on any atom is -0.406 e. The Kier molecular flexibility index (Phi) is 4.85. The van der Waals surface area contributed by atoms with Crippen molar-refractivity contribution in [2.24, 2.45) is 0 Å². The fourth-order valence-electron chi connectivity index (χ4n) is 1.61. The molecule has 0 saturated heterocycles. The largest absolute Gasteiger partial charge is 0.406 e. The molecule has 0 bridgehead atoms. The van der Waals surface area contributed by atoms with Crippen LogP contribution >= 0.6 is 0 Å². The van der Waals surface area contributed by atoms with Crippen LogP contribution in [0.15, 0.2) is 28.9 Å². The topological polar surface area (TPSA) is 75.9 Å². The molecule has 0 fully saturated rings. The number of nitrogens with one attached hydrogen (secondary N) is 2. The summed E-state index contributed by atoms with van der Waals surface area (Å²) in [4.78, 5) is 4.05. The van der Waals surface area contributed by atoms with Gasteiger partial charge in [-0.1, -0.05) is 18.1 Å². The predicted molar refractivity (Wildman–Crippen MR) is 72.6 cm³/mol. The van der Waals surface area contributed by atoms with Gasteiger partial charge in [0.15, 0.2) is 0 Å². The summed E-state index contributed by atoms with van der Waals surface area (Å²) in [5.74, 6) is 0.599. The number of hydrogen-bond donors (Lipinski definition) is 2. The van der Waals surface area contributed by atoms with E-state index in [9.17, 15) is 0 Å². The lowest BCUT2D eigenvalue weighted by Gasteiger charge is -2.07. The monoisotopic (exact) mass is 261 g/mol. The molecular formula is C13H19N5O. The molecular weight excluding hydrogens is 242 g/mol. The van der Waals surface area contributed by atoms with E-state index in [2.05, 4.69) is 32.7 Å². The second-order valence-corrected chi connectivity index (χ2v) is 4.34. The molecule has 0 amide bonds. The zero-order chi connectivity index (χ0) is 13.5. The van der Waals surface area contributed by atoms with Crippen molar-refractivity contribution in [1.29, 1.82) is 0 Å². The fourth-order valence-corrected chi connectivity index (χ4v) is 1.61. The molecule has 2 aromatic heterocycles. The van der Waals surface area contributed by atoms with Gasteiger partial charge in [0, 0.05) is 18.9 Å². The van der Waals surface area contributed by atoms with Gasteiger partial charge in [-0.15, -0.1) is 5.10 Å². The Morgan fingerprint density at radius 3 is 3.00 bits per heavy atom. The number of aromatic nitrogens is 3. The molecule has 0 aliphatic carbocycles. The Bertz CT molecular complexity index is 485. The van der Waals surface area contributed by atoms with Gasteiger partial charge in [0.05, 0.1) is 6.04 Å². The standard InChI is InChI=1S/C13H19N5O/c1-3-6-15-10(2)12-17-18-13(19-12)16-9-11-5-4-7-14-8-11/h4-5,7-8,10,15H,3,6,9H2,1-2H3,(H,16,18). The first-order valence-corrected chi connectivity index (χ1v) is 6.49. The van der Waals surface area contributed by atoms with Gasteiger partial charge < -0.3 is 15.1 Å². The normalized spacial score (nSPS) is 12.3. The highest BCUT2D eigenvalue weighted by molar-refractivity contribution is 5.21. The summed E-state index contributed by atoms with van der Waals surface area (Å²) in [7, 11) is 0. The molecule has 2 rings (SSSR count). The maximum absolute atomic E-state index is 5.55. The number of rotatable bonds is 7. The van der Waals surface area contributed by atoms with E-state index >= 15 is 0 Å². The van der Waals surface area contributed by atoms with Crippen molar-refractivity contribution < 1.29 is 4.42 Å². The highest BCUT2D eigenvalue weighted by Crippen LogP contribution is 2.14. The maximum Gasteiger partial charge on any atom is 0.315 e. The molecule has 2 N–H and O–H groups in total. The van der Waals surface area contributed by atoms with Crippen molar-refractivity contribution in [2.45, 2.75) is 32.9 Å². The number of nitrogens with zero attached hydrogens (tertiary/aromatic N) is 3. The van der Waals surface area contributed by atoms with E-state index in [0.29, 0.717) is 18.5 Å². The van der Waals surface area contributed by atoms with Gasteiger partial charge in [0.2, 0.25) is 5.89 Å². The molecule has 6 nitrogen and oxygen atoms in total. The lowest BCUT2D eigenvalue weighted by atomic mass is 10.3. The van der Waals surface area contributed by atoms with Gasteiger partial charge in [-0.05, 0) is 31.5 Å². The van der Waals surface area contributed by atoms with Crippen LogP contribution in [0, 0.1) is 0 Å². The minimum absolute atomic E-state index is 0.0707. The maximum atomic E-state index is 5.55. The van der Waals surface area contributed by atoms with E-state index in [0.717, 1.165) is 18.5 Å². The molecule has 6 heteroatoms. The van der Waals surface area contributed by atoms with Crippen LogP contribution in [0.2, 0.25) is 0 Å². The van der Waals surface area contributed by atoms with Crippen molar-refractivity contribution in [3.63, 3.8) is 0 Å². The summed E-state index contributed by atoms with van der Waals surface area (Å²) < 4.78 is 5.55. The molecule has 0 aromatic carbocycles. The van der Waals surface area contributed by atoms with Gasteiger partial charge in [-0.3, -0.25) is 4.98 Å². The van der Waals surface area contributed by atoms with Crippen LogP contribution in [0.4, 0.5) is 6.01 Å². The highest BCUT2D eigenvalue weighted by atomic mass is 16.4. The van der Waals surface area contributed by atoms with Crippen LogP contribution in [0.1, 0.15) is 37.8 Å². The molecule has 0 saturated carbocycles. The smallest absolute Gasteiger partial charge is 0.315 e. The molecule has 0 radical (unpaired) electrons. The number of hydrogen-bond acceptors (Lipinski definition) is 6. The molecule has 1 atom stereocenters. The van der Waals surface area contributed by atoms with Crippen molar-refractivity contribution in [3.05, 3.63) is 36.0 Å². The Morgan fingerprint density at radius 2 is 2.26 bits per heavy atom. The summed E-state index contributed by atoms with van der Waals surface area (Å²) in [5, 5.41) is 14.4. The Hall–Kier alpha value is -1.95. The second kappa shape index (κ2) is 6.84. The predicted octanol–water partition coefficient (Wildman–Crippen LogP) is 2.14. The molecule has 0 spiro atoms. The van der Waals surface area contributed by atoms with Crippen molar-refractivity contribution in [1.82, 2.24) is 20.5 Å². The zero-order valence-electron chi connectivity index (χ0n) is 11.3. The van der Waals surface area contributed by atoms with E-state index in [-0.39, 0.29) is 6.04 Å². The lowest BCUT2D eigenvalue weighted by molar-refractivity contribution is 0.423. The third-order valence-electron chi connectivity index (χ3n) is 2.68. The Morgan fingerprint density at radius 1 is 1.37 bits per heavy atom. The summed E-state index contributed by atoms with van der Waals surface area (Å²) in [6.45, 7) is 5.68. The second-order valence-electron chi connectivity index (χ2n) is 4.34. The van der Waals surface area contributed by atoms with E-state index in [4.69, 9.17) is 4.42 Å². The van der Waals surface area contributed by atoms with Crippen LogP contribution in [0.25, 0.3) is 0 Å². The molecule has 102 valence electrons. The van der Waals surface area contributed by atoms with Crippen molar-refractivity contribution in [3.8, 4) is 0 Å². The fraction of sp³-hybridized carbons (Fsp3) is 0.462. The molecule has 0 aliphatic rings. The van der Waals surface area contributed by atoms with E-state index in [1.165, 1.54) is 0 Å². The van der Waals surface area contributed by atoms with Crippen LogP contribution in [-0.2, 0) is 6.54 Å². The minimum atomic E-state index is 0.0707.